The maximum Gasteiger partial charge on any atom is 0.395 e. The fraction of sp³-hybridized carbons (Fsp3) is 0.500. The summed E-state index contributed by atoms with van der Waals surface area (Å²) in [6.45, 7) is 0. The third kappa shape index (κ3) is 2.23. The number of nitrogens with one attached hydrogen (secondary N) is 1. The summed E-state index contributed by atoms with van der Waals surface area (Å²) in [6.07, 6.45) is -3.29. The Bertz CT molecular complexity index is 293. The van der Waals surface area contributed by atoms with Gasteiger partial charge in [-0.1, -0.05) is 15.9 Å². The van der Waals surface area contributed by atoms with E-state index in [1.165, 1.54) is 0 Å². The van der Waals surface area contributed by atoms with E-state index in [4.69, 9.17) is 5.73 Å². The molecule has 14 heavy (non-hydrogen) atoms. The monoisotopic (exact) mass is 270 g/mol. The minimum Gasteiger partial charge on any atom is -0.397 e. The van der Waals surface area contributed by atoms with Gasteiger partial charge in [-0.25, -0.2) is 0 Å². The number of halogens is 4. The highest BCUT2D eigenvalue weighted by molar-refractivity contribution is 9.11. The van der Waals surface area contributed by atoms with Gasteiger partial charge in [0.1, 0.15) is 0 Å². The van der Waals surface area contributed by atoms with E-state index in [0.29, 0.717) is 10.2 Å². The predicted octanol–water partition coefficient (Wildman–Crippen LogP) is 2.24. The second-order valence-corrected chi connectivity index (χ2v) is 3.96. The quantitative estimate of drug-likeness (QED) is 0.767. The van der Waals surface area contributed by atoms with Crippen molar-refractivity contribution < 1.29 is 13.2 Å². The number of hydrogen-bond donors (Lipinski definition) is 2. The van der Waals surface area contributed by atoms with Gasteiger partial charge in [-0.2, -0.15) is 13.2 Å². The molecular weight excluding hydrogens is 261 g/mol. The molecular formula is C8H10BrF3N2. The first-order chi connectivity index (χ1) is 6.36. The van der Waals surface area contributed by atoms with Crippen molar-refractivity contribution in [3.63, 3.8) is 0 Å². The van der Waals surface area contributed by atoms with Gasteiger partial charge in [-0.15, -0.1) is 0 Å². The summed E-state index contributed by atoms with van der Waals surface area (Å²) in [7, 11) is 1.62. The summed E-state index contributed by atoms with van der Waals surface area (Å²) in [5, 5.41) is 2.75. The molecule has 0 fully saturated rings. The fourth-order valence-electron chi connectivity index (χ4n) is 1.30. The first-order valence-corrected chi connectivity index (χ1v) is 4.76. The zero-order valence-electron chi connectivity index (χ0n) is 7.45. The summed E-state index contributed by atoms with van der Waals surface area (Å²) in [5.74, 6) is -1.49. The molecule has 1 atom stereocenters. The lowest BCUT2D eigenvalue weighted by Gasteiger charge is -2.24. The Hall–Kier alpha value is -0.650. The fourth-order valence-corrected chi connectivity index (χ4v) is 2.08. The van der Waals surface area contributed by atoms with Gasteiger partial charge >= 0.3 is 6.18 Å². The van der Waals surface area contributed by atoms with Crippen molar-refractivity contribution in [2.75, 3.05) is 7.05 Å². The Kier molecular flexibility index (Phi) is 3.14. The molecule has 0 saturated heterocycles. The van der Waals surface area contributed by atoms with Crippen LogP contribution in [0.2, 0.25) is 0 Å². The third-order valence-corrected chi connectivity index (χ3v) is 2.73. The largest absolute Gasteiger partial charge is 0.397 e. The maximum atomic E-state index is 12.4. The second kappa shape index (κ2) is 3.84. The molecule has 0 radical (unpaired) electrons. The molecule has 1 unspecified atom stereocenters. The van der Waals surface area contributed by atoms with E-state index >= 15 is 0 Å². The number of alkyl halides is 3. The van der Waals surface area contributed by atoms with Crippen LogP contribution >= 0.6 is 15.9 Å². The average Bonchev–Trinajstić information content (AvgIpc) is 2.01. The highest BCUT2D eigenvalue weighted by Crippen LogP contribution is 2.38. The van der Waals surface area contributed by atoms with Crippen LogP contribution in [0.4, 0.5) is 13.2 Å². The zero-order chi connectivity index (χ0) is 10.9. The Morgan fingerprint density at radius 1 is 1.57 bits per heavy atom. The van der Waals surface area contributed by atoms with E-state index in [9.17, 15) is 13.2 Å². The molecule has 0 saturated carbocycles. The minimum atomic E-state index is -4.23. The average molecular weight is 271 g/mol. The van der Waals surface area contributed by atoms with Gasteiger partial charge in [0, 0.05) is 11.5 Å². The minimum absolute atomic E-state index is 0.0969. The van der Waals surface area contributed by atoms with Crippen LogP contribution < -0.4 is 11.1 Å². The van der Waals surface area contributed by atoms with E-state index in [1.807, 2.05) is 0 Å². The van der Waals surface area contributed by atoms with Gasteiger partial charge in [0.15, 0.2) is 0 Å². The Morgan fingerprint density at radius 2 is 2.14 bits per heavy atom. The molecule has 0 spiro atoms. The van der Waals surface area contributed by atoms with Crippen LogP contribution in [-0.4, -0.2) is 13.2 Å². The summed E-state index contributed by atoms with van der Waals surface area (Å²) in [4.78, 5) is 0. The van der Waals surface area contributed by atoms with Gasteiger partial charge in [0.25, 0.3) is 0 Å². The van der Waals surface area contributed by atoms with Crippen molar-refractivity contribution in [3.8, 4) is 0 Å². The first kappa shape index (κ1) is 11.4. The topological polar surface area (TPSA) is 38.0 Å². The van der Waals surface area contributed by atoms with Crippen molar-refractivity contribution in [1.82, 2.24) is 5.32 Å². The molecule has 2 nitrogen and oxygen atoms in total. The van der Waals surface area contributed by atoms with Crippen molar-refractivity contribution in [2.45, 2.75) is 12.6 Å². The molecule has 0 bridgehead atoms. The number of rotatable bonds is 1. The molecule has 0 amide bonds. The van der Waals surface area contributed by atoms with Crippen molar-refractivity contribution >= 4 is 15.9 Å². The van der Waals surface area contributed by atoms with E-state index < -0.39 is 12.1 Å². The SMILES string of the molecule is CNC1=C(Br)CC(C(F)(F)F)C=C1N. The van der Waals surface area contributed by atoms with Gasteiger partial charge in [-0.05, 0) is 12.5 Å². The summed E-state index contributed by atoms with van der Waals surface area (Å²) < 4.78 is 37.5. The highest BCUT2D eigenvalue weighted by Gasteiger charge is 2.40. The normalized spacial score (nSPS) is 23.5. The molecule has 0 aliphatic heterocycles. The molecule has 1 aliphatic carbocycles. The van der Waals surface area contributed by atoms with Crippen LogP contribution in [0.3, 0.4) is 0 Å². The Balaban J connectivity index is 2.94. The second-order valence-electron chi connectivity index (χ2n) is 3.00. The molecule has 1 rings (SSSR count). The van der Waals surface area contributed by atoms with Crippen molar-refractivity contribution in [1.29, 1.82) is 0 Å². The molecule has 1 aliphatic rings. The number of hydrogen-bond acceptors (Lipinski definition) is 2. The maximum absolute atomic E-state index is 12.4. The van der Waals surface area contributed by atoms with Crippen LogP contribution in [0.5, 0.6) is 0 Å². The summed E-state index contributed by atoms with van der Waals surface area (Å²) >= 11 is 3.08. The summed E-state index contributed by atoms with van der Waals surface area (Å²) in [6, 6.07) is 0. The molecule has 80 valence electrons. The van der Waals surface area contributed by atoms with Crippen LogP contribution in [-0.2, 0) is 0 Å². The highest BCUT2D eigenvalue weighted by atomic mass is 79.9. The molecule has 0 aromatic rings. The lowest BCUT2D eigenvalue weighted by atomic mass is 9.97. The standard InChI is InChI=1S/C8H10BrF3N2/c1-14-7-5(9)2-4(3-6(7)13)8(10,11)12/h3-4,14H,2,13H2,1H3. The zero-order valence-corrected chi connectivity index (χ0v) is 9.04. The third-order valence-electron chi connectivity index (χ3n) is 2.01. The number of allylic oxidation sites excluding steroid dienone is 2. The lowest BCUT2D eigenvalue weighted by molar-refractivity contribution is -0.160. The smallest absolute Gasteiger partial charge is 0.395 e. The number of likely N-dealkylation sites (N-methyl/N-ethyl adjacent to an activating group) is 1. The molecule has 0 aromatic heterocycles. The van der Waals surface area contributed by atoms with Crippen molar-refractivity contribution in [3.05, 3.63) is 22.0 Å². The Morgan fingerprint density at radius 3 is 2.50 bits per heavy atom. The van der Waals surface area contributed by atoms with Crippen LogP contribution in [0.15, 0.2) is 22.0 Å². The van der Waals surface area contributed by atoms with E-state index in [1.54, 1.807) is 7.05 Å². The van der Waals surface area contributed by atoms with Gasteiger partial charge in [0.05, 0.1) is 17.3 Å². The molecule has 6 heteroatoms. The van der Waals surface area contributed by atoms with E-state index in [0.717, 1.165) is 6.08 Å². The summed E-state index contributed by atoms with van der Waals surface area (Å²) in [5.41, 5.74) is 6.14. The molecule has 0 heterocycles. The van der Waals surface area contributed by atoms with Gasteiger partial charge in [-0.3, -0.25) is 0 Å². The lowest BCUT2D eigenvalue weighted by Crippen LogP contribution is -2.28. The predicted molar refractivity (Wildman–Crippen MR) is 51.4 cm³/mol. The van der Waals surface area contributed by atoms with Gasteiger partial charge in [0.2, 0.25) is 0 Å². The van der Waals surface area contributed by atoms with E-state index in [2.05, 4.69) is 21.2 Å². The number of nitrogens with two attached hydrogens (primary N) is 1. The van der Waals surface area contributed by atoms with Gasteiger partial charge < -0.3 is 11.1 Å². The van der Waals surface area contributed by atoms with Crippen LogP contribution in [0.1, 0.15) is 6.42 Å². The first-order valence-electron chi connectivity index (χ1n) is 3.97. The Labute approximate surface area is 88.2 Å². The van der Waals surface area contributed by atoms with Crippen molar-refractivity contribution in [2.24, 2.45) is 11.7 Å². The van der Waals surface area contributed by atoms with Crippen LogP contribution in [0.25, 0.3) is 0 Å². The molecule has 3 N–H and O–H groups in total. The molecule has 0 aromatic carbocycles. The van der Waals surface area contributed by atoms with Crippen LogP contribution in [0, 0.1) is 5.92 Å². The van der Waals surface area contributed by atoms with E-state index in [-0.39, 0.29) is 12.1 Å².